The SMILES string of the molecule is CC/C=C\C/C=C\C/C=C\C/C=C\C/C=C\CCCCCCCCCC(=O)OC(COC(=O)CCCCCCCCCCCCCCCCCC/C=C\C/C=C\C/C=C\C/C=C\CC)COC(OCC[N+](C)(C)C)C(=O)[O-]. The number of ether oxygens (including phenoxy) is 4. The van der Waals surface area contributed by atoms with Crippen LogP contribution in [0.4, 0.5) is 0 Å². The minimum absolute atomic E-state index is 0.141. The van der Waals surface area contributed by atoms with E-state index in [9.17, 15) is 19.5 Å². The van der Waals surface area contributed by atoms with Crippen LogP contribution >= 0.6 is 0 Å². The second kappa shape index (κ2) is 58.1. The number of carbonyl (C=O) groups excluding carboxylic acids is 3. The number of carboxylic acids is 1. The molecule has 0 radical (unpaired) electrons. The molecule has 440 valence electrons. The molecule has 0 aliphatic rings. The fraction of sp³-hybridized carbons (Fsp3) is 0.691. The molecule has 2 unspecified atom stereocenters. The molecule has 0 heterocycles. The maximum atomic E-state index is 12.9. The third-order valence-electron chi connectivity index (χ3n) is 13.0. The average Bonchev–Trinajstić information content (AvgIpc) is 3.40. The summed E-state index contributed by atoms with van der Waals surface area (Å²) in [5.74, 6) is -2.30. The van der Waals surface area contributed by atoms with Crippen molar-refractivity contribution >= 4 is 17.9 Å². The van der Waals surface area contributed by atoms with Crippen molar-refractivity contribution < 1.29 is 42.9 Å². The van der Waals surface area contributed by atoms with E-state index in [4.69, 9.17) is 18.9 Å². The van der Waals surface area contributed by atoms with E-state index in [0.717, 1.165) is 103 Å². The molecule has 2 atom stereocenters. The first-order chi connectivity index (χ1) is 37.6. The number of hydrogen-bond donors (Lipinski definition) is 0. The van der Waals surface area contributed by atoms with Gasteiger partial charge in [-0.05, 0) is 96.3 Å². The third kappa shape index (κ3) is 59.5. The van der Waals surface area contributed by atoms with Gasteiger partial charge in [0.05, 0.1) is 40.3 Å². The van der Waals surface area contributed by atoms with E-state index in [1.807, 2.05) is 21.1 Å². The Hall–Kier alpha value is -4.05. The summed E-state index contributed by atoms with van der Waals surface area (Å²) >= 11 is 0. The zero-order valence-corrected chi connectivity index (χ0v) is 50.0. The number of quaternary nitrogens is 1. The molecule has 9 nitrogen and oxygen atoms in total. The van der Waals surface area contributed by atoms with Crippen molar-refractivity contribution in [2.24, 2.45) is 0 Å². The summed E-state index contributed by atoms with van der Waals surface area (Å²) < 4.78 is 22.7. The van der Waals surface area contributed by atoms with Crippen molar-refractivity contribution in [2.75, 3.05) is 47.5 Å². The molecule has 0 amide bonds. The topological polar surface area (TPSA) is 111 Å². The van der Waals surface area contributed by atoms with Crippen LogP contribution < -0.4 is 5.11 Å². The summed E-state index contributed by atoms with van der Waals surface area (Å²) in [5, 5.41) is 11.8. The first-order valence-corrected chi connectivity index (χ1v) is 31.0. The summed E-state index contributed by atoms with van der Waals surface area (Å²) in [5.41, 5.74) is 0. The molecule has 0 saturated carbocycles. The van der Waals surface area contributed by atoms with Crippen LogP contribution in [0.2, 0.25) is 0 Å². The fourth-order valence-corrected chi connectivity index (χ4v) is 8.32. The van der Waals surface area contributed by atoms with Crippen LogP contribution in [-0.4, -0.2) is 82.3 Å². The predicted octanol–water partition coefficient (Wildman–Crippen LogP) is 17.3. The first-order valence-electron chi connectivity index (χ1n) is 31.0. The van der Waals surface area contributed by atoms with E-state index in [0.29, 0.717) is 17.4 Å². The highest BCUT2D eigenvalue weighted by molar-refractivity contribution is 5.70. The van der Waals surface area contributed by atoms with Gasteiger partial charge in [-0.2, -0.15) is 0 Å². The zero-order valence-electron chi connectivity index (χ0n) is 50.0. The molecule has 0 aliphatic carbocycles. The maximum absolute atomic E-state index is 12.9. The van der Waals surface area contributed by atoms with Crippen molar-refractivity contribution in [3.63, 3.8) is 0 Å². The predicted molar refractivity (Wildman–Crippen MR) is 324 cm³/mol. The molecule has 0 aromatic carbocycles. The largest absolute Gasteiger partial charge is 0.545 e. The molecule has 0 bridgehead atoms. The standard InChI is InChI=1S/C68H115NO8/c1-6-8-10-12-14-16-18-20-22-24-26-28-30-31-32-33-34-35-37-38-40-42-44-46-48-50-52-54-56-58-65(70)75-62-64(63-76-68(67(72)73)74-61-60-69(3,4)5)77-66(71)59-57-55-53-51-49-47-45-43-41-39-36-29-27-25-23-21-19-17-15-13-11-9-7-2/h8-11,14-17,20-23,26-29,39,41,64,68H,6-7,12-13,18-19,24-25,30-38,40,42-63H2,1-5H3/b10-8-,11-9-,16-14-,17-15-,22-20-,23-21-,28-26-,29-27-,41-39-. The second-order valence-electron chi connectivity index (χ2n) is 21.6. The first kappa shape index (κ1) is 73.0. The zero-order chi connectivity index (χ0) is 56.2. The summed E-state index contributed by atoms with van der Waals surface area (Å²) in [6.07, 6.45) is 77.1. The van der Waals surface area contributed by atoms with Gasteiger partial charge in [0, 0.05) is 12.8 Å². The Kier molecular flexibility index (Phi) is 55.1. The molecule has 0 spiro atoms. The van der Waals surface area contributed by atoms with E-state index in [-0.39, 0.29) is 38.6 Å². The lowest BCUT2D eigenvalue weighted by Crippen LogP contribution is -2.44. The normalized spacial score (nSPS) is 13.5. The number of allylic oxidation sites excluding steroid dienone is 18. The highest BCUT2D eigenvalue weighted by Crippen LogP contribution is 2.16. The lowest BCUT2D eigenvalue weighted by atomic mass is 10.0. The minimum Gasteiger partial charge on any atom is -0.545 e. The van der Waals surface area contributed by atoms with Gasteiger partial charge in [0.15, 0.2) is 12.4 Å². The number of carboxylic acid groups (broad SMARTS) is 1. The highest BCUT2D eigenvalue weighted by atomic mass is 16.7. The van der Waals surface area contributed by atoms with Crippen LogP contribution in [0.3, 0.4) is 0 Å². The molecular formula is C68H115NO8. The number of unbranched alkanes of at least 4 members (excludes halogenated alkanes) is 23. The fourth-order valence-electron chi connectivity index (χ4n) is 8.32. The van der Waals surface area contributed by atoms with Crippen molar-refractivity contribution in [3.8, 4) is 0 Å². The van der Waals surface area contributed by atoms with Gasteiger partial charge >= 0.3 is 11.9 Å². The van der Waals surface area contributed by atoms with Crippen LogP contribution in [0.15, 0.2) is 109 Å². The van der Waals surface area contributed by atoms with Crippen LogP contribution in [0.25, 0.3) is 0 Å². The summed E-state index contributed by atoms with van der Waals surface area (Å²) in [6, 6.07) is 0. The molecular weight excluding hydrogens is 959 g/mol. The van der Waals surface area contributed by atoms with E-state index >= 15 is 0 Å². The second-order valence-corrected chi connectivity index (χ2v) is 21.6. The molecule has 0 rings (SSSR count). The molecule has 0 aliphatic heterocycles. The van der Waals surface area contributed by atoms with Crippen LogP contribution in [-0.2, 0) is 33.3 Å². The molecule has 0 aromatic heterocycles. The quantitative estimate of drug-likeness (QED) is 0.0195. The van der Waals surface area contributed by atoms with Crippen LogP contribution in [0.1, 0.15) is 245 Å². The Balaban J connectivity index is 4.21. The van der Waals surface area contributed by atoms with E-state index < -0.39 is 24.3 Å². The number of nitrogens with zero attached hydrogens (tertiary/aromatic N) is 1. The Morgan fingerprint density at radius 3 is 1.04 bits per heavy atom. The van der Waals surface area contributed by atoms with Gasteiger partial charge in [0.25, 0.3) is 0 Å². The molecule has 9 heteroatoms. The van der Waals surface area contributed by atoms with Crippen molar-refractivity contribution in [1.29, 1.82) is 0 Å². The van der Waals surface area contributed by atoms with Gasteiger partial charge in [0.2, 0.25) is 0 Å². The van der Waals surface area contributed by atoms with Crippen molar-refractivity contribution in [2.45, 2.75) is 257 Å². The van der Waals surface area contributed by atoms with Crippen LogP contribution in [0.5, 0.6) is 0 Å². The van der Waals surface area contributed by atoms with E-state index in [1.165, 1.54) is 109 Å². The number of likely N-dealkylation sites (N-methyl/N-ethyl adjacent to an activating group) is 1. The van der Waals surface area contributed by atoms with Crippen LogP contribution in [0, 0.1) is 0 Å². The maximum Gasteiger partial charge on any atom is 0.306 e. The Bertz CT molecular complexity index is 1630. The van der Waals surface area contributed by atoms with Crippen molar-refractivity contribution in [1.82, 2.24) is 0 Å². The molecule has 77 heavy (non-hydrogen) atoms. The molecule has 0 fully saturated rings. The monoisotopic (exact) mass is 1070 g/mol. The lowest BCUT2D eigenvalue weighted by Gasteiger charge is -2.26. The van der Waals surface area contributed by atoms with Gasteiger partial charge in [0.1, 0.15) is 13.2 Å². The third-order valence-corrected chi connectivity index (χ3v) is 13.0. The number of aliphatic carboxylic acids is 1. The summed E-state index contributed by atoms with van der Waals surface area (Å²) in [6.45, 7) is 4.51. The van der Waals surface area contributed by atoms with Gasteiger partial charge in [-0.1, -0.05) is 245 Å². The smallest absolute Gasteiger partial charge is 0.306 e. The van der Waals surface area contributed by atoms with E-state index in [2.05, 4.69) is 123 Å². The van der Waals surface area contributed by atoms with Crippen molar-refractivity contribution in [3.05, 3.63) is 109 Å². The molecule has 0 N–H and O–H groups in total. The van der Waals surface area contributed by atoms with Gasteiger partial charge < -0.3 is 33.3 Å². The summed E-state index contributed by atoms with van der Waals surface area (Å²) in [7, 11) is 5.92. The number of rotatable bonds is 56. The minimum atomic E-state index is -1.63. The van der Waals surface area contributed by atoms with Gasteiger partial charge in [-0.25, -0.2) is 0 Å². The molecule has 0 aromatic rings. The number of esters is 2. The number of hydrogen-bond acceptors (Lipinski definition) is 8. The average molecular weight is 1070 g/mol. The lowest BCUT2D eigenvalue weighted by molar-refractivity contribution is -0.870. The van der Waals surface area contributed by atoms with E-state index in [1.54, 1.807) is 0 Å². The Morgan fingerprint density at radius 1 is 0.390 bits per heavy atom. The Morgan fingerprint density at radius 2 is 0.701 bits per heavy atom. The number of carbonyl (C=O) groups is 3. The molecule has 0 saturated heterocycles. The Labute approximate surface area is 473 Å². The highest BCUT2D eigenvalue weighted by Gasteiger charge is 2.22. The van der Waals surface area contributed by atoms with Gasteiger partial charge in [-0.15, -0.1) is 0 Å². The van der Waals surface area contributed by atoms with Gasteiger partial charge in [-0.3, -0.25) is 9.59 Å². The summed E-state index contributed by atoms with van der Waals surface area (Å²) in [4.78, 5) is 37.4.